The largest absolute Gasteiger partial charge is 0.356 e. The fourth-order valence-electron chi connectivity index (χ4n) is 4.75. The Morgan fingerprint density at radius 3 is 2.81 bits per heavy atom. The van der Waals surface area contributed by atoms with Crippen LogP contribution in [0, 0.1) is 25.2 Å². The van der Waals surface area contributed by atoms with Gasteiger partial charge in [-0.15, -0.1) is 0 Å². The van der Waals surface area contributed by atoms with Gasteiger partial charge in [-0.25, -0.2) is 4.98 Å². The number of nitrogens with one attached hydrogen (secondary N) is 1. The van der Waals surface area contributed by atoms with Gasteiger partial charge in [-0.05, 0) is 51.6 Å². The molecule has 4 rings (SSSR count). The summed E-state index contributed by atoms with van der Waals surface area (Å²) in [7, 11) is 4.36. The van der Waals surface area contributed by atoms with Crippen molar-refractivity contribution in [2.75, 3.05) is 51.7 Å². The molecule has 0 spiro atoms. The van der Waals surface area contributed by atoms with E-state index < -0.39 is 0 Å². The Labute approximate surface area is 156 Å². The highest BCUT2D eigenvalue weighted by molar-refractivity contribution is 5.42. The predicted octanol–water partition coefficient (Wildman–Crippen LogP) is 1.53. The Balaban J connectivity index is 1.47. The van der Waals surface area contributed by atoms with Crippen molar-refractivity contribution in [2.24, 2.45) is 11.3 Å². The van der Waals surface area contributed by atoms with Gasteiger partial charge in [0, 0.05) is 50.0 Å². The lowest BCUT2D eigenvalue weighted by Gasteiger charge is -2.31. The summed E-state index contributed by atoms with van der Waals surface area (Å²) < 4.78 is 2.05. The van der Waals surface area contributed by atoms with Gasteiger partial charge >= 0.3 is 0 Å². The third kappa shape index (κ3) is 3.23. The van der Waals surface area contributed by atoms with E-state index in [0.717, 1.165) is 50.8 Å². The first kappa shape index (κ1) is 17.5. The average molecular weight is 355 g/mol. The minimum atomic E-state index is 0.355. The second-order valence-corrected chi connectivity index (χ2v) is 8.42. The molecule has 2 saturated heterocycles. The Morgan fingerprint density at radius 1 is 1.31 bits per heavy atom. The van der Waals surface area contributed by atoms with Crippen molar-refractivity contribution in [2.45, 2.75) is 20.4 Å². The number of aromatic nitrogens is 3. The van der Waals surface area contributed by atoms with Crippen LogP contribution in [0.25, 0.3) is 0 Å². The van der Waals surface area contributed by atoms with Crippen LogP contribution in [0.4, 0.5) is 5.82 Å². The first-order valence-corrected chi connectivity index (χ1v) is 9.52. The molecule has 140 valence electrons. The third-order valence-electron chi connectivity index (χ3n) is 5.88. The minimum Gasteiger partial charge on any atom is -0.356 e. The Bertz CT molecular complexity index is 765. The van der Waals surface area contributed by atoms with Gasteiger partial charge in [-0.1, -0.05) is 6.07 Å². The van der Waals surface area contributed by atoms with E-state index in [2.05, 4.69) is 59.4 Å². The van der Waals surface area contributed by atoms with Crippen LogP contribution in [-0.4, -0.2) is 66.5 Å². The molecule has 1 N–H and O–H groups in total. The van der Waals surface area contributed by atoms with Gasteiger partial charge in [-0.2, -0.15) is 5.10 Å². The SMILES string of the molecule is Cc1cc(C)n(Cc2ccc(N3CC4CNCC4(CN(C)C)C3)nc2)n1. The van der Waals surface area contributed by atoms with Crippen molar-refractivity contribution >= 4 is 5.82 Å². The maximum atomic E-state index is 4.78. The Morgan fingerprint density at radius 2 is 2.15 bits per heavy atom. The van der Waals surface area contributed by atoms with Crippen LogP contribution in [0.3, 0.4) is 0 Å². The van der Waals surface area contributed by atoms with Crippen molar-refractivity contribution in [1.29, 1.82) is 0 Å². The molecule has 2 aliphatic heterocycles. The molecule has 2 aromatic rings. The van der Waals surface area contributed by atoms with Crippen molar-refractivity contribution in [3.63, 3.8) is 0 Å². The van der Waals surface area contributed by atoms with Gasteiger partial charge in [0.2, 0.25) is 0 Å². The molecule has 0 bridgehead atoms. The third-order valence-corrected chi connectivity index (χ3v) is 5.88. The van der Waals surface area contributed by atoms with Gasteiger partial charge in [0.1, 0.15) is 5.82 Å². The number of hydrogen-bond acceptors (Lipinski definition) is 5. The monoisotopic (exact) mass is 354 g/mol. The van der Waals surface area contributed by atoms with Crippen LogP contribution in [0.5, 0.6) is 0 Å². The van der Waals surface area contributed by atoms with E-state index in [9.17, 15) is 0 Å². The lowest BCUT2D eigenvalue weighted by atomic mass is 9.80. The zero-order chi connectivity index (χ0) is 18.3. The second kappa shape index (κ2) is 6.67. The molecular weight excluding hydrogens is 324 g/mol. The van der Waals surface area contributed by atoms with Gasteiger partial charge < -0.3 is 15.1 Å². The molecule has 4 heterocycles. The highest BCUT2D eigenvalue weighted by atomic mass is 15.3. The van der Waals surface area contributed by atoms with Crippen LogP contribution in [0.2, 0.25) is 0 Å². The van der Waals surface area contributed by atoms with Crippen LogP contribution in [0.15, 0.2) is 24.4 Å². The average Bonchev–Trinajstić information content (AvgIpc) is 3.20. The van der Waals surface area contributed by atoms with Gasteiger partial charge in [0.15, 0.2) is 0 Å². The van der Waals surface area contributed by atoms with Crippen molar-refractivity contribution in [3.05, 3.63) is 41.3 Å². The van der Waals surface area contributed by atoms with E-state index in [1.165, 1.54) is 11.3 Å². The van der Waals surface area contributed by atoms with Crippen LogP contribution in [0.1, 0.15) is 17.0 Å². The van der Waals surface area contributed by atoms with Crippen LogP contribution in [-0.2, 0) is 6.54 Å². The standard InChI is InChI=1S/C20H30N6/c1-15-7-16(2)26(23-15)10-17-5-6-19(22-8-17)25-11-18-9-21-12-20(18,14-25)13-24(3)4/h5-8,18,21H,9-14H2,1-4H3. The summed E-state index contributed by atoms with van der Waals surface area (Å²) in [6, 6.07) is 6.49. The molecule has 26 heavy (non-hydrogen) atoms. The summed E-state index contributed by atoms with van der Waals surface area (Å²) in [5.41, 5.74) is 3.81. The summed E-state index contributed by atoms with van der Waals surface area (Å²) in [4.78, 5) is 9.58. The summed E-state index contributed by atoms with van der Waals surface area (Å²) in [5, 5.41) is 8.15. The smallest absolute Gasteiger partial charge is 0.128 e. The summed E-state index contributed by atoms with van der Waals surface area (Å²) in [6.07, 6.45) is 2.01. The zero-order valence-electron chi connectivity index (χ0n) is 16.4. The Hall–Kier alpha value is -1.92. The predicted molar refractivity (Wildman–Crippen MR) is 105 cm³/mol. The lowest BCUT2D eigenvalue weighted by molar-refractivity contribution is 0.205. The van der Waals surface area contributed by atoms with Gasteiger partial charge in [0.05, 0.1) is 12.2 Å². The first-order valence-electron chi connectivity index (χ1n) is 9.52. The lowest BCUT2D eigenvalue weighted by Crippen LogP contribution is -2.41. The van der Waals surface area contributed by atoms with Crippen molar-refractivity contribution in [3.8, 4) is 0 Å². The number of hydrogen-bond donors (Lipinski definition) is 1. The van der Waals surface area contributed by atoms with Gasteiger partial charge in [0.25, 0.3) is 0 Å². The summed E-state index contributed by atoms with van der Waals surface area (Å²) in [6.45, 7) is 10.5. The number of aryl methyl sites for hydroxylation is 2. The molecule has 0 amide bonds. The quantitative estimate of drug-likeness (QED) is 0.882. The van der Waals surface area contributed by atoms with Gasteiger partial charge in [-0.3, -0.25) is 4.68 Å². The second-order valence-electron chi connectivity index (χ2n) is 8.42. The number of pyridine rings is 1. The molecule has 2 aromatic heterocycles. The maximum absolute atomic E-state index is 4.78. The molecule has 2 fully saturated rings. The molecule has 6 heteroatoms. The molecular formula is C20H30N6. The van der Waals surface area contributed by atoms with Crippen molar-refractivity contribution < 1.29 is 0 Å². The number of fused-ring (bicyclic) bond motifs is 1. The van der Waals surface area contributed by atoms with E-state index >= 15 is 0 Å². The van der Waals surface area contributed by atoms with Crippen LogP contribution >= 0.6 is 0 Å². The zero-order valence-corrected chi connectivity index (χ0v) is 16.4. The molecule has 6 nitrogen and oxygen atoms in total. The molecule has 2 unspecified atom stereocenters. The van der Waals surface area contributed by atoms with E-state index in [-0.39, 0.29) is 0 Å². The molecule has 0 radical (unpaired) electrons. The summed E-state index contributed by atoms with van der Waals surface area (Å²) >= 11 is 0. The molecule has 0 aliphatic carbocycles. The molecule has 2 atom stereocenters. The van der Waals surface area contributed by atoms with Crippen molar-refractivity contribution in [1.82, 2.24) is 25.0 Å². The highest BCUT2D eigenvalue weighted by Gasteiger charge is 2.49. The Kier molecular flexibility index (Phi) is 4.49. The fourth-order valence-corrected chi connectivity index (χ4v) is 4.75. The minimum absolute atomic E-state index is 0.355. The van der Waals surface area contributed by atoms with E-state index in [1.807, 2.05) is 17.8 Å². The van der Waals surface area contributed by atoms with E-state index in [4.69, 9.17) is 4.98 Å². The fraction of sp³-hybridized carbons (Fsp3) is 0.600. The number of anilines is 1. The summed E-state index contributed by atoms with van der Waals surface area (Å²) in [5.74, 6) is 1.82. The molecule has 2 aliphatic rings. The topological polar surface area (TPSA) is 49.2 Å². The molecule has 0 saturated carbocycles. The number of rotatable bonds is 5. The normalized spacial score (nSPS) is 25.3. The van der Waals surface area contributed by atoms with E-state index in [1.54, 1.807) is 0 Å². The maximum Gasteiger partial charge on any atom is 0.128 e. The first-order chi connectivity index (χ1) is 12.4. The highest BCUT2D eigenvalue weighted by Crippen LogP contribution is 2.40. The van der Waals surface area contributed by atoms with E-state index in [0.29, 0.717) is 11.3 Å². The molecule has 0 aromatic carbocycles. The number of nitrogens with zero attached hydrogens (tertiary/aromatic N) is 5. The van der Waals surface area contributed by atoms with Crippen LogP contribution < -0.4 is 10.2 Å².